The number of nitriles is 1. The van der Waals surface area contributed by atoms with Gasteiger partial charge >= 0.3 is 0 Å². The van der Waals surface area contributed by atoms with E-state index in [4.69, 9.17) is 0 Å². The van der Waals surface area contributed by atoms with Gasteiger partial charge in [-0.2, -0.15) is 10.4 Å². The molecule has 0 unspecified atom stereocenters. The highest BCUT2D eigenvalue weighted by molar-refractivity contribution is 7.99. The lowest BCUT2D eigenvalue weighted by Gasteiger charge is -2.10. The summed E-state index contributed by atoms with van der Waals surface area (Å²) in [5.41, 5.74) is 2.57. The smallest absolute Gasteiger partial charge is 0.102 e. The molecule has 0 saturated heterocycles. The number of hydrogen-bond donors (Lipinski definition) is 2. The highest BCUT2D eigenvalue weighted by Gasteiger charge is 2.07. The summed E-state index contributed by atoms with van der Waals surface area (Å²) in [5, 5.41) is 19.3. The zero-order chi connectivity index (χ0) is 12.8. The molecule has 92 valence electrons. The van der Waals surface area contributed by atoms with Crippen LogP contribution in [0.3, 0.4) is 0 Å². The van der Waals surface area contributed by atoms with Crippen LogP contribution in [0.2, 0.25) is 0 Å². The number of rotatable bonds is 5. The van der Waals surface area contributed by atoms with Crippen LogP contribution in [0.15, 0.2) is 35.4 Å². The van der Waals surface area contributed by atoms with Crippen LogP contribution >= 0.6 is 11.8 Å². The zero-order valence-electron chi connectivity index (χ0n) is 10.1. The van der Waals surface area contributed by atoms with E-state index < -0.39 is 0 Å². The molecule has 0 spiro atoms. The van der Waals surface area contributed by atoms with Crippen molar-refractivity contribution in [3.63, 3.8) is 0 Å². The van der Waals surface area contributed by atoms with Crippen LogP contribution in [-0.4, -0.2) is 16.0 Å². The minimum Gasteiger partial charge on any atom is -0.378 e. The van der Waals surface area contributed by atoms with Crippen molar-refractivity contribution in [3.8, 4) is 6.07 Å². The monoisotopic (exact) mass is 258 g/mol. The molecule has 0 amide bonds. The topological polar surface area (TPSA) is 64.5 Å². The van der Waals surface area contributed by atoms with Crippen LogP contribution in [0, 0.1) is 11.3 Å². The molecule has 0 saturated carbocycles. The highest BCUT2D eigenvalue weighted by Crippen LogP contribution is 2.27. The Labute approximate surface area is 110 Å². The summed E-state index contributed by atoms with van der Waals surface area (Å²) in [4.78, 5) is 1.02. The zero-order valence-corrected chi connectivity index (χ0v) is 10.9. The Morgan fingerprint density at radius 2 is 2.33 bits per heavy atom. The molecule has 2 aromatic rings. The summed E-state index contributed by atoms with van der Waals surface area (Å²) in [6.45, 7) is 2.71. The van der Waals surface area contributed by atoms with Gasteiger partial charge in [0.2, 0.25) is 0 Å². The molecule has 0 fully saturated rings. The SMILES string of the molecule is CCSc1cccc(NCc2ccn[nH]2)c1C#N. The summed E-state index contributed by atoms with van der Waals surface area (Å²) in [7, 11) is 0. The standard InChI is InChI=1S/C13H14N4S/c1-2-18-13-5-3-4-12(11(13)8-14)15-9-10-6-7-16-17-10/h3-7,15H,2,9H2,1H3,(H,16,17). The van der Waals surface area contributed by atoms with E-state index in [1.165, 1.54) is 0 Å². The second-order valence-electron chi connectivity index (χ2n) is 3.66. The average molecular weight is 258 g/mol. The number of nitrogens with one attached hydrogen (secondary N) is 2. The fourth-order valence-electron chi connectivity index (χ4n) is 1.64. The van der Waals surface area contributed by atoms with Gasteiger partial charge in [0.1, 0.15) is 6.07 Å². The van der Waals surface area contributed by atoms with Crippen molar-refractivity contribution < 1.29 is 0 Å². The van der Waals surface area contributed by atoms with Crippen LogP contribution in [0.1, 0.15) is 18.2 Å². The van der Waals surface area contributed by atoms with Crippen molar-refractivity contribution in [1.29, 1.82) is 5.26 Å². The first-order chi connectivity index (χ1) is 8.85. The first-order valence-corrected chi connectivity index (χ1v) is 6.71. The van der Waals surface area contributed by atoms with Gasteiger partial charge in [-0.25, -0.2) is 0 Å². The molecule has 4 nitrogen and oxygen atoms in total. The number of aromatic nitrogens is 2. The molecule has 0 atom stereocenters. The molecule has 0 aliphatic carbocycles. The van der Waals surface area contributed by atoms with Crippen LogP contribution in [0.25, 0.3) is 0 Å². The maximum absolute atomic E-state index is 9.26. The molecule has 2 rings (SSSR count). The Balaban J connectivity index is 2.17. The van der Waals surface area contributed by atoms with Gasteiger partial charge in [-0.1, -0.05) is 13.0 Å². The first kappa shape index (κ1) is 12.5. The number of H-pyrrole nitrogens is 1. The quantitative estimate of drug-likeness (QED) is 0.809. The third kappa shape index (κ3) is 2.84. The van der Waals surface area contributed by atoms with Crippen LogP contribution in [0.4, 0.5) is 5.69 Å². The predicted molar refractivity (Wildman–Crippen MR) is 73.5 cm³/mol. The van der Waals surface area contributed by atoms with Gasteiger partial charge in [0.05, 0.1) is 23.5 Å². The second-order valence-corrected chi connectivity index (χ2v) is 4.96. The molecule has 5 heteroatoms. The fraction of sp³-hybridized carbons (Fsp3) is 0.231. The Hall–Kier alpha value is -1.93. The average Bonchev–Trinajstić information content (AvgIpc) is 2.90. The van der Waals surface area contributed by atoms with Crippen molar-refractivity contribution in [3.05, 3.63) is 41.7 Å². The lowest BCUT2D eigenvalue weighted by Crippen LogP contribution is -2.02. The molecule has 1 aromatic carbocycles. The van der Waals surface area contributed by atoms with Crippen molar-refractivity contribution in [1.82, 2.24) is 10.2 Å². The van der Waals surface area contributed by atoms with Crippen molar-refractivity contribution in [2.24, 2.45) is 0 Å². The van der Waals surface area contributed by atoms with E-state index in [9.17, 15) is 5.26 Å². The van der Waals surface area contributed by atoms with Crippen molar-refractivity contribution >= 4 is 17.4 Å². The first-order valence-electron chi connectivity index (χ1n) is 5.73. The predicted octanol–water partition coefficient (Wildman–Crippen LogP) is 3.01. The van der Waals surface area contributed by atoms with E-state index >= 15 is 0 Å². The summed E-state index contributed by atoms with van der Waals surface area (Å²) < 4.78 is 0. The number of nitrogens with zero attached hydrogens (tertiary/aromatic N) is 2. The van der Waals surface area contributed by atoms with Crippen molar-refractivity contribution in [2.45, 2.75) is 18.4 Å². The molecule has 1 aromatic heterocycles. The van der Waals surface area contributed by atoms with Gasteiger partial charge in [-0.05, 0) is 24.0 Å². The largest absolute Gasteiger partial charge is 0.378 e. The van der Waals surface area contributed by atoms with Gasteiger partial charge in [0.25, 0.3) is 0 Å². The molecule has 2 N–H and O–H groups in total. The van der Waals surface area contributed by atoms with E-state index in [0.717, 1.165) is 22.0 Å². The fourth-order valence-corrected chi connectivity index (χ4v) is 2.43. The molecular weight excluding hydrogens is 244 g/mol. The number of hydrogen-bond acceptors (Lipinski definition) is 4. The lowest BCUT2D eigenvalue weighted by molar-refractivity contribution is 0.980. The minimum atomic E-state index is 0.634. The van der Waals surface area contributed by atoms with Gasteiger partial charge in [-0.15, -0.1) is 11.8 Å². The van der Waals surface area contributed by atoms with Crippen LogP contribution in [-0.2, 0) is 6.54 Å². The summed E-state index contributed by atoms with van der Waals surface area (Å²) in [6, 6.07) is 10.0. The summed E-state index contributed by atoms with van der Waals surface area (Å²) >= 11 is 1.68. The summed E-state index contributed by atoms with van der Waals surface area (Å²) in [5.74, 6) is 0.957. The number of thioether (sulfide) groups is 1. The summed E-state index contributed by atoms with van der Waals surface area (Å²) in [6.07, 6.45) is 1.71. The Morgan fingerprint density at radius 1 is 1.44 bits per heavy atom. The normalized spacial score (nSPS) is 10.0. The highest BCUT2D eigenvalue weighted by atomic mass is 32.2. The Bertz CT molecular complexity index is 543. The third-order valence-electron chi connectivity index (χ3n) is 2.47. The molecule has 0 aliphatic rings. The van der Waals surface area contributed by atoms with Gasteiger partial charge in [0.15, 0.2) is 0 Å². The van der Waals surface area contributed by atoms with Gasteiger partial charge in [-0.3, -0.25) is 5.10 Å². The molecular formula is C13H14N4S. The third-order valence-corrected chi connectivity index (χ3v) is 3.41. The number of anilines is 1. The molecule has 0 aliphatic heterocycles. The minimum absolute atomic E-state index is 0.634. The van der Waals surface area contributed by atoms with Gasteiger partial charge in [0, 0.05) is 11.1 Å². The second kappa shape index (κ2) is 6.12. The van der Waals surface area contributed by atoms with Crippen molar-refractivity contribution in [2.75, 3.05) is 11.1 Å². The van der Waals surface area contributed by atoms with E-state index in [-0.39, 0.29) is 0 Å². The molecule has 18 heavy (non-hydrogen) atoms. The van der Waals surface area contributed by atoms with E-state index in [1.54, 1.807) is 18.0 Å². The number of benzene rings is 1. The molecule has 1 heterocycles. The van der Waals surface area contributed by atoms with Crippen LogP contribution in [0.5, 0.6) is 0 Å². The van der Waals surface area contributed by atoms with Gasteiger partial charge < -0.3 is 5.32 Å². The molecule has 0 radical (unpaired) electrons. The van der Waals surface area contributed by atoms with E-state index in [0.29, 0.717) is 12.1 Å². The maximum atomic E-state index is 9.26. The Kier molecular flexibility index (Phi) is 4.26. The number of aromatic amines is 1. The van der Waals surface area contributed by atoms with E-state index in [1.807, 2.05) is 24.3 Å². The maximum Gasteiger partial charge on any atom is 0.102 e. The van der Waals surface area contributed by atoms with E-state index in [2.05, 4.69) is 28.5 Å². The van der Waals surface area contributed by atoms with Crippen LogP contribution < -0.4 is 5.32 Å². The molecule has 0 bridgehead atoms. The Morgan fingerprint density at radius 3 is 3.00 bits per heavy atom. The lowest BCUT2D eigenvalue weighted by atomic mass is 10.2.